The SMILES string of the molecule is C=C(N=N)SC[C@@H](C)C(C)C. The zero-order chi connectivity index (χ0) is 8.85. The van der Waals surface area contributed by atoms with Gasteiger partial charge < -0.3 is 0 Å². The van der Waals surface area contributed by atoms with Crippen molar-refractivity contribution in [3.8, 4) is 0 Å². The molecule has 0 amide bonds. The summed E-state index contributed by atoms with van der Waals surface area (Å²) in [6.45, 7) is 10.2. The Hall–Kier alpha value is -0.310. The second kappa shape index (κ2) is 5.35. The minimum atomic E-state index is 0.609. The van der Waals surface area contributed by atoms with Gasteiger partial charge in [0.25, 0.3) is 0 Å². The lowest BCUT2D eigenvalue weighted by Crippen LogP contribution is -2.06. The molecule has 0 radical (unpaired) electrons. The highest BCUT2D eigenvalue weighted by molar-refractivity contribution is 8.03. The van der Waals surface area contributed by atoms with Crippen LogP contribution in [-0.2, 0) is 0 Å². The van der Waals surface area contributed by atoms with Crippen LogP contribution in [0.3, 0.4) is 0 Å². The molecule has 0 heterocycles. The summed E-state index contributed by atoms with van der Waals surface area (Å²) >= 11 is 1.56. The summed E-state index contributed by atoms with van der Waals surface area (Å²) in [6.07, 6.45) is 0. The molecule has 0 aromatic carbocycles. The Balaban J connectivity index is 3.53. The van der Waals surface area contributed by atoms with Gasteiger partial charge in [-0.2, -0.15) is 5.11 Å². The molecule has 0 spiro atoms. The molecule has 1 atom stereocenters. The molecular weight excluding hydrogens is 156 g/mol. The summed E-state index contributed by atoms with van der Waals surface area (Å²) < 4.78 is 0. The summed E-state index contributed by atoms with van der Waals surface area (Å²) in [5, 5.41) is 3.85. The third-order valence-corrected chi connectivity index (χ3v) is 2.89. The fourth-order valence-electron chi connectivity index (χ4n) is 0.452. The second-order valence-corrected chi connectivity index (χ2v) is 4.13. The van der Waals surface area contributed by atoms with Gasteiger partial charge in [-0.1, -0.05) is 27.4 Å². The quantitative estimate of drug-likeness (QED) is 0.633. The van der Waals surface area contributed by atoms with Crippen LogP contribution in [0.5, 0.6) is 0 Å². The summed E-state index contributed by atoms with van der Waals surface area (Å²) in [5.74, 6) is 2.37. The maximum atomic E-state index is 6.66. The van der Waals surface area contributed by atoms with Gasteiger partial charge in [0, 0.05) is 5.75 Å². The first kappa shape index (κ1) is 10.7. The normalized spacial score (nSPS) is 13.1. The van der Waals surface area contributed by atoms with E-state index in [-0.39, 0.29) is 0 Å². The number of nitrogens with zero attached hydrogens (tertiary/aromatic N) is 1. The van der Waals surface area contributed by atoms with Crippen molar-refractivity contribution in [3.63, 3.8) is 0 Å². The van der Waals surface area contributed by atoms with Gasteiger partial charge in [0.2, 0.25) is 0 Å². The smallest absolute Gasteiger partial charge is 0.111 e. The van der Waals surface area contributed by atoms with Gasteiger partial charge in [0.15, 0.2) is 0 Å². The summed E-state index contributed by atoms with van der Waals surface area (Å²) in [5.41, 5.74) is 6.66. The fraction of sp³-hybridized carbons (Fsp3) is 0.750. The van der Waals surface area contributed by atoms with Gasteiger partial charge >= 0.3 is 0 Å². The van der Waals surface area contributed by atoms with Crippen molar-refractivity contribution in [2.24, 2.45) is 17.0 Å². The first-order valence-corrected chi connectivity index (χ1v) is 4.75. The Kier molecular flexibility index (Phi) is 5.20. The van der Waals surface area contributed by atoms with Crippen LogP contribution in [0.15, 0.2) is 16.7 Å². The Bertz CT molecular complexity index is 143. The predicted octanol–water partition coefficient (Wildman–Crippen LogP) is 3.51. The van der Waals surface area contributed by atoms with Crippen LogP contribution in [0.1, 0.15) is 20.8 Å². The molecule has 0 aliphatic heterocycles. The van der Waals surface area contributed by atoms with E-state index in [1.807, 2.05) is 0 Å². The number of hydrogen-bond acceptors (Lipinski definition) is 3. The third kappa shape index (κ3) is 5.01. The zero-order valence-corrected chi connectivity index (χ0v) is 8.24. The molecule has 0 saturated heterocycles. The van der Waals surface area contributed by atoms with E-state index >= 15 is 0 Å². The molecule has 0 aromatic rings. The number of thioether (sulfide) groups is 1. The van der Waals surface area contributed by atoms with E-state index in [2.05, 4.69) is 32.5 Å². The monoisotopic (exact) mass is 172 g/mol. The van der Waals surface area contributed by atoms with Crippen molar-refractivity contribution < 1.29 is 0 Å². The van der Waals surface area contributed by atoms with Crippen molar-refractivity contribution in [2.75, 3.05) is 5.75 Å². The maximum Gasteiger partial charge on any atom is 0.111 e. The number of rotatable bonds is 5. The minimum Gasteiger partial charge on any atom is -0.204 e. The van der Waals surface area contributed by atoms with Gasteiger partial charge in [-0.25, -0.2) is 5.53 Å². The molecule has 64 valence electrons. The van der Waals surface area contributed by atoms with E-state index in [1.54, 1.807) is 11.8 Å². The van der Waals surface area contributed by atoms with Gasteiger partial charge in [-0.05, 0) is 11.8 Å². The Morgan fingerprint density at radius 2 is 2.09 bits per heavy atom. The van der Waals surface area contributed by atoms with Crippen LogP contribution in [0.25, 0.3) is 0 Å². The molecular formula is C8H16N2S. The lowest BCUT2D eigenvalue weighted by Gasteiger charge is -2.13. The van der Waals surface area contributed by atoms with Crippen LogP contribution in [-0.4, -0.2) is 5.75 Å². The van der Waals surface area contributed by atoms with Crippen LogP contribution in [0.2, 0.25) is 0 Å². The van der Waals surface area contributed by atoms with Crippen LogP contribution in [0.4, 0.5) is 0 Å². The standard InChI is InChI=1S/C8H16N2S/c1-6(2)7(3)5-11-8(4)10-9/h6-7,9H,4-5H2,1-3H3/t7-/m1/s1. The number of hydrogen-bond donors (Lipinski definition) is 1. The largest absolute Gasteiger partial charge is 0.204 e. The summed E-state index contributed by atoms with van der Waals surface area (Å²) in [7, 11) is 0. The highest BCUT2D eigenvalue weighted by Crippen LogP contribution is 2.21. The average Bonchev–Trinajstić information content (AvgIpc) is 1.99. The Morgan fingerprint density at radius 3 is 2.45 bits per heavy atom. The molecule has 0 aliphatic carbocycles. The third-order valence-electron chi connectivity index (χ3n) is 1.78. The average molecular weight is 172 g/mol. The molecule has 3 heteroatoms. The van der Waals surface area contributed by atoms with Gasteiger partial charge in [0.05, 0.1) is 0 Å². The van der Waals surface area contributed by atoms with E-state index in [1.165, 1.54) is 0 Å². The van der Waals surface area contributed by atoms with E-state index in [4.69, 9.17) is 5.53 Å². The maximum absolute atomic E-state index is 6.66. The Morgan fingerprint density at radius 1 is 1.55 bits per heavy atom. The van der Waals surface area contributed by atoms with E-state index in [0.29, 0.717) is 16.9 Å². The van der Waals surface area contributed by atoms with Crippen molar-refractivity contribution in [1.82, 2.24) is 0 Å². The topological polar surface area (TPSA) is 36.2 Å². The molecule has 0 aliphatic rings. The molecule has 1 N–H and O–H groups in total. The summed E-state index contributed by atoms with van der Waals surface area (Å²) in [4.78, 5) is 0. The van der Waals surface area contributed by atoms with E-state index in [9.17, 15) is 0 Å². The van der Waals surface area contributed by atoms with E-state index in [0.717, 1.165) is 5.75 Å². The van der Waals surface area contributed by atoms with Gasteiger partial charge in [-0.3, -0.25) is 0 Å². The first-order valence-electron chi connectivity index (χ1n) is 3.77. The van der Waals surface area contributed by atoms with Gasteiger partial charge in [-0.15, -0.1) is 11.8 Å². The first-order chi connectivity index (χ1) is 5.07. The van der Waals surface area contributed by atoms with Crippen molar-refractivity contribution in [3.05, 3.63) is 11.6 Å². The molecule has 2 nitrogen and oxygen atoms in total. The molecule has 0 bridgehead atoms. The van der Waals surface area contributed by atoms with Crippen LogP contribution in [0, 0.1) is 17.4 Å². The summed E-state index contributed by atoms with van der Waals surface area (Å²) in [6, 6.07) is 0. The Labute approximate surface area is 73.0 Å². The van der Waals surface area contributed by atoms with Crippen molar-refractivity contribution in [1.29, 1.82) is 5.53 Å². The predicted molar refractivity (Wildman–Crippen MR) is 50.7 cm³/mol. The molecule has 0 unspecified atom stereocenters. The van der Waals surface area contributed by atoms with Gasteiger partial charge in [0.1, 0.15) is 5.03 Å². The molecule has 11 heavy (non-hydrogen) atoms. The molecule has 0 rings (SSSR count). The van der Waals surface area contributed by atoms with Crippen molar-refractivity contribution >= 4 is 11.8 Å². The van der Waals surface area contributed by atoms with Crippen molar-refractivity contribution in [2.45, 2.75) is 20.8 Å². The molecule has 0 fully saturated rings. The second-order valence-electron chi connectivity index (χ2n) is 3.04. The highest BCUT2D eigenvalue weighted by Gasteiger charge is 2.07. The highest BCUT2D eigenvalue weighted by atomic mass is 32.2. The zero-order valence-electron chi connectivity index (χ0n) is 7.42. The minimum absolute atomic E-state index is 0.609. The fourth-order valence-corrected chi connectivity index (χ4v) is 1.36. The molecule has 0 saturated carbocycles. The lowest BCUT2D eigenvalue weighted by atomic mass is 10.0. The van der Waals surface area contributed by atoms with Crippen LogP contribution < -0.4 is 0 Å². The number of nitrogens with one attached hydrogen (secondary N) is 1. The lowest BCUT2D eigenvalue weighted by molar-refractivity contribution is 0.465. The van der Waals surface area contributed by atoms with E-state index < -0.39 is 0 Å². The molecule has 0 aromatic heterocycles. The van der Waals surface area contributed by atoms with Crippen LogP contribution >= 0.6 is 11.8 Å².